The van der Waals surface area contributed by atoms with Gasteiger partial charge in [0.05, 0.1) is 17.6 Å². The van der Waals surface area contributed by atoms with E-state index in [9.17, 15) is 19.8 Å². The minimum absolute atomic E-state index is 0.0888. The largest absolute Gasteiger partial charge is 0.481 e. The van der Waals surface area contributed by atoms with Crippen LogP contribution in [0.15, 0.2) is 77.7 Å². The van der Waals surface area contributed by atoms with Gasteiger partial charge >= 0.3 is 5.97 Å². The van der Waals surface area contributed by atoms with E-state index in [1.165, 1.54) is 55.9 Å². The second-order valence-corrected chi connectivity index (χ2v) is 12.8. The molecule has 3 N–H and O–H groups in total. The lowest BCUT2D eigenvalue weighted by Gasteiger charge is -2.23. The van der Waals surface area contributed by atoms with Gasteiger partial charge in [-0.3, -0.25) is 9.59 Å². The van der Waals surface area contributed by atoms with Gasteiger partial charge in [-0.2, -0.15) is 0 Å². The fourth-order valence-electron chi connectivity index (χ4n) is 4.93. The smallest absolute Gasteiger partial charge is 0.311 e. The van der Waals surface area contributed by atoms with E-state index in [4.69, 9.17) is 11.6 Å². The Balaban J connectivity index is 1.54. The van der Waals surface area contributed by atoms with Crippen LogP contribution in [-0.4, -0.2) is 33.4 Å². The quantitative estimate of drug-likeness (QED) is 0.0992. The molecular weight excluding hydrogens is 566 g/mol. The van der Waals surface area contributed by atoms with Gasteiger partial charge in [0, 0.05) is 21.7 Å². The number of aliphatic hydroxyl groups is 1. The van der Waals surface area contributed by atoms with Crippen molar-refractivity contribution in [3.8, 4) is 0 Å². The molecule has 0 bridgehead atoms. The summed E-state index contributed by atoms with van der Waals surface area (Å²) in [4.78, 5) is 25.9. The molecule has 3 aromatic carbocycles. The molecule has 3 rings (SSSR count). The predicted molar refractivity (Wildman–Crippen MR) is 174 cm³/mol. The number of halogens is 1. The fourth-order valence-corrected chi connectivity index (χ4v) is 6.17. The normalized spacial score (nSPS) is 13.3. The SMILES string of the molecule is CCCCCCCCCc1ccc(C(CC(O)C(C)Sc2ccccc2C(=O)NCc2ccc(Cl)cc2)C(=O)O)cc1. The molecule has 0 fully saturated rings. The Kier molecular flexibility index (Phi) is 14.4. The molecule has 5 nitrogen and oxygen atoms in total. The monoisotopic (exact) mass is 609 g/mol. The summed E-state index contributed by atoms with van der Waals surface area (Å²) in [6.45, 7) is 4.46. The van der Waals surface area contributed by atoms with Crippen molar-refractivity contribution in [2.24, 2.45) is 0 Å². The Hall–Kier alpha value is -2.80. The zero-order valence-electron chi connectivity index (χ0n) is 24.7. The van der Waals surface area contributed by atoms with Gasteiger partial charge in [0.1, 0.15) is 0 Å². The first-order chi connectivity index (χ1) is 20.3. The third-order valence-corrected chi connectivity index (χ3v) is 9.13. The van der Waals surface area contributed by atoms with E-state index in [1.54, 1.807) is 24.3 Å². The Morgan fingerprint density at radius 2 is 1.48 bits per heavy atom. The van der Waals surface area contributed by atoms with E-state index in [-0.39, 0.29) is 17.6 Å². The molecule has 0 aromatic heterocycles. The topological polar surface area (TPSA) is 86.6 Å². The average molecular weight is 610 g/mol. The van der Waals surface area contributed by atoms with E-state index in [2.05, 4.69) is 12.2 Å². The van der Waals surface area contributed by atoms with Crippen LogP contribution in [0.1, 0.15) is 98.2 Å². The summed E-state index contributed by atoms with van der Waals surface area (Å²) in [6.07, 6.45) is 9.03. The average Bonchev–Trinajstić information content (AvgIpc) is 2.99. The summed E-state index contributed by atoms with van der Waals surface area (Å²) in [5.41, 5.74) is 3.37. The van der Waals surface area contributed by atoms with Gasteiger partial charge in [-0.1, -0.05) is 113 Å². The first kappa shape index (κ1) is 33.7. The zero-order chi connectivity index (χ0) is 30.3. The van der Waals surface area contributed by atoms with Crippen molar-refractivity contribution < 1.29 is 19.8 Å². The second-order valence-electron chi connectivity index (χ2n) is 10.9. The van der Waals surface area contributed by atoms with Gasteiger partial charge in [0.2, 0.25) is 0 Å². The maximum atomic E-state index is 13.0. The Morgan fingerprint density at radius 1 is 0.857 bits per heavy atom. The number of unbranched alkanes of at least 4 members (excludes halogenated alkanes) is 6. The molecule has 0 heterocycles. The van der Waals surface area contributed by atoms with Crippen molar-refractivity contribution in [2.75, 3.05) is 0 Å². The summed E-state index contributed by atoms with van der Waals surface area (Å²) >= 11 is 7.33. The zero-order valence-corrected chi connectivity index (χ0v) is 26.3. The van der Waals surface area contributed by atoms with Gasteiger partial charge in [0.15, 0.2) is 0 Å². The van der Waals surface area contributed by atoms with Crippen molar-refractivity contribution in [3.63, 3.8) is 0 Å². The number of amides is 1. The number of carbonyl (C=O) groups is 2. The molecule has 0 aliphatic heterocycles. The van der Waals surface area contributed by atoms with Crippen molar-refractivity contribution >= 4 is 35.2 Å². The summed E-state index contributed by atoms with van der Waals surface area (Å²) < 4.78 is 0. The van der Waals surface area contributed by atoms with E-state index < -0.39 is 18.0 Å². The third kappa shape index (κ3) is 11.1. The molecule has 0 saturated carbocycles. The number of carboxylic acid groups (broad SMARTS) is 1. The van der Waals surface area contributed by atoms with Crippen molar-refractivity contribution in [1.82, 2.24) is 5.32 Å². The van der Waals surface area contributed by atoms with Crippen LogP contribution in [0, 0.1) is 0 Å². The van der Waals surface area contributed by atoms with Gasteiger partial charge in [0.25, 0.3) is 5.91 Å². The highest BCUT2D eigenvalue weighted by Gasteiger charge is 2.27. The molecule has 3 atom stereocenters. The summed E-state index contributed by atoms with van der Waals surface area (Å²) in [5, 5.41) is 24.3. The van der Waals surface area contributed by atoms with Crippen LogP contribution in [-0.2, 0) is 17.8 Å². The number of carboxylic acids is 1. The molecule has 0 aliphatic carbocycles. The lowest BCUT2D eigenvalue weighted by atomic mass is 9.91. The Bertz CT molecular complexity index is 1250. The maximum Gasteiger partial charge on any atom is 0.311 e. The van der Waals surface area contributed by atoms with E-state index >= 15 is 0 Å². The molecule has 7 heteroatoms. The lowest BCUT2D eigenvalue weighted by molar-refractivity contribution is -0.139. The van der Waals surface area contributed by atoms with E-state index in [1.807, 2.05) is 55.5 Å². The van der Waals surface area contributed by atoms with Crippen molar-refractivity contribution in [3.05, 3.63) is 100 Å². The van der Waals surface area contributed by atoms with Crippen LogP contribution in [0.2, 0.25) is 5.02 Å². The van der Waals surface area contributed by atoms with E-state index in [0.717, 1.165) is 23.3 Å². The maximum absolute atomic E-state index is 13.0. The number of hydrogen-bond donors (Lipinski definition) is 3. The first-order valence-corrected chi connectivity index (χ1v) is 16.3. The van der Waals surface area contributed by atoms with Gasteiger partial charge in [-0.05, 0) is 60.2 Å². The molecule has 3 aromatic rings. The van der Waals surface area contributed by atoms with Crippen LogP contribution >= 0.6 is 23.4 Å². The van der Waals surface area contributed by atoms with Crippen molar-refractivity contribution in [2.45, 2.75) is 100 Å². The number of aliphatic carboxylic acids is 1. The van der Waals surface area contributed by atoms with Crippen LogP contribution in [0.25, 0.3) is 0 Å². The first-order valence-electron chi connectivity index (χ1n) is 15.1. The Labute approximate surface area is 260 Å². The minimum Gasteiger partial charge on any atom is -0.481 e. The molecule has 1 amide bonds. The number of thioether (sulfide) groups is 1. The summed E-state index contributed by atoms with van der Waals surface area (Å²) in [7, 11) is 0. The predicted octanol–water partition coefficient (Wildman–Crippen LogP) is 8.66. The molecule has 42 heavy (non-hydrogen) atoms. The van der Waals surface area contributed by atoms with Crippen LogP contribution < -0.4 is 5.32 Å². The van der Waals surface area contributed by atoms with Gasteiger partial charge in [-0.25, -0.2) is 0 Å². The second kappa shape index (κ2) is 18.0. The number of hydrogen-bond acceptors (Lipinski definition) is 4. The summed E-state index contributed by atoms with van der Waals surface area (Å²) in [6, 6.07) is 22.4. The lowest BCUT2D eigenvalue weighted by Crippen LogP contribution is -2.27. The number of carbonyl (C=O) groups excluding carboxylic acids is 1. The highest BCUT2D eigenvalue weighted by Crippen LogP contribution is 2.32. The summed E-state index contributed by atoms with van der Waals surface area (Å²) in [5.74, 6) is -1.98. The third-order valence-electron chi connectivity index (χ3n) is 7.58. The highest BCUT2D eigenvalue weighted by atomic mass is 35.5. The standard InChI is InChI=1S/C35H44ClNO4S/c1-3-4-5-6-7-8-9-12-26-15-19-28(20-16-26)31(35(40)41)23-32(38)25(2)42-33-14-11-10-13-30(33)34(39)37-24-27-17-21-29(36)22-18-27/h10-11,13-22,25,31-32,38H,3-9,12,23-24H2,1-2H3,(H,37,39)(H,40,41). The fraction of sp³-hybridized carbons (Fsp3) is 0.429. The number of aryl methyl sites for hydroxylation is 1. The highest BCUT2D eigenvalue weighted by molar-refractivity contribution is 8.00. The van der Waals surface area contributed by atoms with Crippen molar-refractivity contribution in [1.29, 1.82) is 0 Å². The minimum atomic E-state index is -0.951. The number of aliphatic hydroxyl groups excluding tert-OH is 1. The number of rotatable bonds is 18. The molecule has 0 aliphatic rings. The van der Waals surface area contributed by atoms with E-state index in [0.29, 0.717) is 22.7 Å². The van der Waals surface area contributed by atoms with Gasteiger partial charge in [-0.15, -0.1) is 11.8 Å². The molecular formula is C35H44ClNO4S. The molecule has 0 radical (unpaired) electrons. The molecule has 226 valence electrons. The molecule has 3 unspecified atom stereocenters. The number of benzene rings is 3. The van der Waals surface area contributed by atoms with Crippen LogP contribution in [0.3, 0.4) is 0 Å². The Morgan fingerprint density at radius 3 is 2.14 bits per heavy atom. The molecule has 0 spiro atoms. The van der Waals surface area contributed by atoms with Crippen LogP contribution in [0.4, 0.5) is 0 Å². The number of nitrogens with one attached hydrogen (secondary N) is 1. The van der Waals surface area contributed by atoms with Gasteiger partial charge < -0.3 is 15.5 Å². The molecule has 0 saturated heterocycles. The van der Waals surface area contributed by atoms with Crippen LogP contribution in [0.5, 0.6) is 0 Å².